The molecule has 0 saturated carbocycles. The molecule has 1 rings (SSSR count). The standard InChI is InChI=1S/C16H26N4OS.HI/c1-4-5-15(21)20-14-8-6-13(7-9-14)12-19-16(17-2)18-10-11-22-3;/h6-9H,4-5,10-12H2,1-3H3,(H,20,21)(H2,17,18,19);1H. The minimum absolute atomic E-state index is 0. The van der Waals surface area contributed by atoms with Crippen LogP contribution in [0, 0.1) is 0 Å². The zero-order valence-electron chi connectivity index (χ0n) is 14.0. The summed E-state index contributed by atoms with van der Waals surface area (Å²) in [5.74, 6) is 1.91. The van der Waals surface area contributed by atoms with E-state index in [1.165, 1.54) is 0 Å². The average molecular weight is 450 g/mol. The van der Waals surface area contributed by atoms with E-state index in [9.17, 15) is 4.79 Å². The maximum atomic E-state index is 11.5. The molecule has 0 aliphatic carbocycles. The van der Waals surface area contributed by atoms with E-state index < -0.39 is 0 Å². The fraction of sp³-hybridized carbons (Fsp3) is 0.500. The zero-order valence-corrected chi connectivity index (χ0v) is 17.2. The van der Waals surface area contributed by atoms with Crippen molar-refractivity contribution >= 4 is 53.3 Å². The molecule has 130 valence electrons. The van der Waals surface area contributed by atoms with E-state index in [0.717, 1.165) is 35.9 Å². The number of hydrogen-bond donors (Lipinski definition) is 3. The van der Waals surface area contributed by atoms with Gasteiger partial charge in [0, 0.05) is 38.0 Å². The van der Waals surface area contributed by atoms with Gasteiger partial charge in [0.05, 0.1) is 0 Å². The Labute approximate surface area is 160 Å². The van der Waals surface area contributed by atoms with Crippen molar-refractivity contribution < 1.29 is 4.79 Å². The summed E-state index contributed by atoms with van der Waals surface area (Å²) >= 11 is 1.80. The molecule has 1 aromatic carbocycles. The van der Waals surface area contributed by atoms with Crippen LogP contribution in [0.5, 0.6) is 0 Å². The molecule has 0 radical (unpaired) electrons. The van der Waals surface area contributed by atoms with Crippen LogP contribution in [0.4, 0.5) is 5.69 Å². The van der Waals surface area contributed by atoms with Crippen molar-refractivity contribution in [2.75, 3.05) is 30.9 Å². The minimum Gasteiger partial charge on any atom is -0.356 e. The van der Waals surface area contributed by atoms with Crippen molar-refractivity contribution in [2.24, 2.45) is 4.99 Å². The molecule has 0 spiro atoms. The minimum atomic E-state index is 0. The van der Waals surface area contributed by atoms with Gasteiger partial charge in [0.25, 0.3) is 0 Å². The highest BCUT2D eigenvalue weighted by Gasteiger charge is 2.01. The Morgan fingerprint density at radius 2 is 1.91 bits per heavy atom. The largest absolute Gasteiger partial charge is 0.356 e. The molecule has 0 aliphatic rings. The maximum Gasteiger partial charge on any atom is 0.224 e. The Balaban J connectivity index is 0.00000484. The fourth-order valence-corrected chi connectivity index (χ4v) is 2.14. The Kier molecular flexibility index (Phi) is 12.9. The number of anilines is 1. The lowest BCUT2D eigenvalue weighted by atomic mass is 10.2. The lowest BCUT2D eigenvalue weighted by Gasteiger charge is -2.12. The van der Waals surface area contributed by atoms with Crippen LogP contribution in [-0.2, 0) is 11.3 Å². The molecule has 0 aromatic heterocycles. The molecule has 1 amide bonds. The molecule has 0 unspecified atom stereocenters. The van der Waals surface area contributed by atoms with E-state index in [0.29, 0.717) is 13.0 Å². The smallest absolute Gasteiger partial charge is 0.224 e. The first-order chi connectivity index (χ1) is 10.7. The van der Waals surface area contributed by atoms with Crippen LogP contribution in [0.25, 0.3) is 0 Å². The SMILES string of the molecule is CCCC(=O)Nc1ccc(CNC(=NC)NCCSC)cc1.I. The molecular formula is C16H27IN4OS. The third-order valence-corrected chi connectivity index (χ3v) is 3.61. The summed E-state index contributed by atoms with van der Waals surface area (Å²) < 4.78 is 0. The highest BCUT2D eigenvalue weighted by atomic mass is 127. The number of thioether (sulfide) groups is 1. The fourth-order valence-electron chi connectivity index (χ4n) is 1.83. The van der Waals surface area contributed by atoms with E-state index in [4.69, 9.17) is 0 Å². The van der Waals surface area contributed by atoms with E-state index in [-0.39, 0.29) is 29.9 Å². The van der Waals surface area contributed by atoms with Gasteiger partial charge >= 0.3 is 0 Å². The first-order valence-corrected chi connectivity index (χ1v) is 8.91. The number of nitrogens with zero attached hydrogens (tertiary/aromatic N) is 1. The summed E-state index contributed by atoms with van der Waals surface area (Å²) in [4.78, 5) is 15.7. The number of carbonyl (C=O) groups is 1. The summed E-state index contributed by atoms with van der Waals surface area (Å²) in [6, 6.07) is 7.86. The number of amides is 1. The van der Waals surface area contributed by atoms with Crippen LogP contribution < -0.4 is 16.0 Å². The van der Waals surface area contributed by atoms with Crippen molar-refractivity contribution in [3.05, 3.63) is 29.8 Å². The predicted molar refractivity (Wildman–Crippen MR) is 112 cm³/mol. The second-order valence-corrected chi connectivity index (χ2v) is 5.83. The van der Waals surface area contributed by atoms with Gasteiger partial charge in [-0.2, -0.15) is 11.8 Å². The third kappa shape index (κ3) is 9.70. The van der Waals surface area contributed by atoms with Gasteiger partial charge in [0.15, 0.2) is 5.96 Å². The Bertz CT molecular complexity index is 479. The predicted octanol–water partition coefficient (Wildman–Crippen LogP) is 3.07. The molecular weight excluding hydrogens is 423 g/mol. The molecule has 23 heavy (non-hydrogen) atoms. The number of aliphatic imine (C=N–C) groups is 1. The lowest BCUT2D eigenvalue weighted by Crippen LogP contribution is -2.37. The summed E-state index contributed by atoms with van der Waals surface area (Å²) in [6.07, 6.45) is 3.50. The quantitative estimate of drug-likeness (QED) is 0.247. The van der Waals surface area contributed by atoms with Crippen LogP contribution in [0.2, 0.25) is 0 Å². The third-order valence-electron chi connectivity index (χ3n) is 3.00. The normalized spacial score (nSPS) is 10.7. The molecule has 0 saturated heterocycles. The monoisotopic (exact) mass is 450 g/mol. The maximum absolute atomic E-state index is 11.5. The molecule has 0 fully saturated rings. The first kappa shape index (κ1) is 22.0. The summed E-state index contributed by atoms with van der Waals surface area (Å²) in [6.45, 7) is 3.58. The number of hydrogen-bond acceptors (Lipinski definition) is 3. The van der Waals surface area contributed by atoms with Gasteiger partial charge in [-0.1, -0.05) is 19.1 Å². The van der Waals surface area contributed by atoms with Gasteiger partial charge in [-0.05, 0) is 30.4 Å². The second kappa shape index (κ2) is 13.5. The van der Waals surface area contributed by atoms with Crippen molar-refractivity contribution in [1.29, 1.82) is 0 Å². The van der Waals surface area contributed by atoms with Crippen molar-refractivity contribution in [2.45, 2.75) is 26.3 Å². The van der Waals surface area contributed by atoms with Gasteiger partial charge in [-0.15, -0.1) is 24.0 Å². The summed E-state index contributed by atoms with van der Waals surface area (Å²) in [5, 5.41) is 9.40. The molecule has 1 aromatic rings. The van der Waals surface area contributed by atoms with Crippen LogP contribution in [0.3, 0.4) is 0 Å². The highest BCUT2D eigenvalue weighted by molar-refractivity contribution is 14.0. The van der Waals surface area contributed by atoms with Gasteiger partial charge < -0.3 is 16.0 Å². The topological polar surface area (TPSA) is 65.5 Å². The van der Waals surface area contributed by atoms with Crippen LogP contribution in [0.1, 0.15) is 25.3 Å². The number of rotatable bonds is 8. The average Bonchev–Trinajstić information content (AvgIpc) is 2.52. The van der Waals surface area contributed by atoms with Crippen LogP contribution >= 0.6 is 35.7 Å². The molecule has 0 aliphatic heterocycles. The molecule has 0 heterocycles. The number of halogens is 1. The van der Waals surface area contributed by atoms with Crippen molar-refractivity contribution in [3.8, 4) is 0 Å². The van der Waals surface area contributed by atoms with E-state index >= 15 is 0 Å². The van der Waals surface area contributed by atoms with Gasteiger partial charge in [0.1, 0.15) is 0 Å². The van der Waals surface area contributed by atoms with Gasteiger partial charge in [-0.25, -0.2) is 0 Å². The summed E-state index contributed by atoms with van der Waals surface area (Å²) in [7, 11) is 1.76. The van der Waals surface area contributed by atoms with Crippen LogP contribution in [-0.4, -0.2) is 37.5 Å². The lowest BCUT2D eigenvalue weighted by molar-refractivity contribution is -0.116. The van der Waals surface area contributed by atoms with E-state index in [1.807, 2.05) is 31.2 Å². The molecule has 0 atom stereocenters. The Morgan fingerprint density at radius 3 is 2.48 bits per heavy atom. The Morgan fingerprint density at radius 1 is 1.22 bits per heavy atom. The van der Waals surface area contributed by atoms with Crippen LogP contribution in [0.15, 0.2) is 29.3 Å². The molecule has 7 heteroatoms. The van der Waals surface area contributed by atoms with Crippen molar-refractivity contribution in [3.63, 3.8) is 0 Å². The number of guanidine groups is 1. The Hall–Kier alpha value is -0.960. The summed E-state index contributed by atoms with van der Waals surface area (Å²) in [5.41, 5.74) is 1.98. The second-order valence-electron chi connectivity index (χ2n) is 4.84. The molecule has 3 N–H and O–H groups in total. The highest BCUT2D eigenvalue weighted by Crippen LogP contribution is 2.10. The van der Waals surface area contributed by atoms with E-state index in [1.54, 1.807) is 18.8 Å². The number of nitrogens with one attached hydrogen (secondary N) is 3. The van der Waals surface area contributed by atoms with E-state index in [2.05, 4.69) is 27.2 Å². The van der Waals surface area contributed by atoms with Gasteiger partial charge in [0.2, 0.25) is 5.91 Å². The first-order valence-electron chi connectivity index (χ1n) is 7.51. The van der Waals surface area contributed by atoms with Gasteiger partial charge in [-0.3, -0.25) is 9.79 Å². The molecule has 0 bridgehead atoms. The number of benzene rings is 1. The zero-order chi connectivity index (χ0) is 16.2. The molecule has 5 nitrogen and oxygen atoms in total. The van der Waals surface area contributed by atoms with Crippen molar-refractivity contribution in [1.82, 2.24) is 10.6 Å². The number of carbonyl (C=O) groups excluding carboxylic acids is 1.